The fourth-order valence-electron chi connectivity index (χ4n) is 2.14. The molecular weight excluding hydrogens is 292 g/mol. The standard InChI is InChI=1S/C18H12N2O3/c1-22-15-7-3-6-14(10-15)17-20-16(18(21)23-17)9-12-4-2-5-13(8-12)11-19/h2-10H,1H3. The number of nitriles is 1. The van der Waals surface area contributed by atoms with Gasteiger partial charge in [-0.2, -0.15) is 5.26 Å². The van der Waals surface area contributed by atoms with Crippen LogP contribution >= 0.6 is 0 Å². The number of nitrogens with zero attached hydrogens (tertiary/aromatic N) is 2. The average molecular weight is 304 g/mol. The van der Waals surface area contributed by atoms with E-state index in [1.807, 2.05) is 0 Å². The Labute approximate surface area is 133 Å². The summed E-state index contributed by atoms with van der Waals surface area (Å²) in [5.74, 6) is 0.363. The number of carbonyl (C=O) groups is 1. The van der Waals surface area contributed by atoms with Gasteiger partial charge in [0.15, 0.2) is 5.70 Å². The predicted molar refractivity (Wildman–Crippen MR) is 84.8 cm³/mol. The number of hydrogen-bond donors (Lipinski definition) is 0. The Bertz CT molecular complexity index is 876. The number of methoxy groups -OCH3 is 1. The summed E-state index contributed by atoms with van der Waals surface area (Å²) >= 11 is 0. The van der Waals surface area contributed by atoms with Crippen LogP contribution in [0.15, 0.2) is 59.2 Å². The molecule has 0 fully saturated rings. The molecule has 0 bridgehead atoms. The first-order valence-electron chi connectivity index (χ1n) is 6.87. The highest BCUT2D eigenvalue weighted by Gasteiger charge is 2.24. The van der Waals surface area contributed by atoms with Gasteiger partial charge in [-0.3, -0.25) is 0 Å². The summed E-state index contributed by atoms with van der Waals surface area (Å²) in [5, 5.41) is 8.91. The molecule has 0 spiro atoms. The number of hydrogen-bond acceptors (Lipinski definition) is 5. The van der Waals surface area contributed by atoms with Crippen molar-refractivity contribution in [3.63, 3.8) is 0 Å². The number of aliphatic imine (C=N–C) groups is 1. The second kappa shape index (κ2) is 6.16. The highest BCUT2D eigenvalue weighted by molar-refractivity contribution is 6.12. The maximum atomic E-state index is 12.0. The van der Waals surface area contributed by atoms with Gasteiger partial charge in [-0.05, 0) is 42.0 Å². The Morgan fingerprint density at radius 1 is 1.22 bits per heavy atom. The topological polar surface area (TPSA) is 71.7 Å². The first-order chi connectivity index (χ1) is 11.2. The molecule has 0 unspecified atom stereocenters. The number of benzene rings is 2. The van der Waals surface area contributed by atoms with Crippen LogP contribution < -0.4 is 4.74 Å². The molecule has 1 aliphatic heterocycles. The van der Waals surface area contributed by atoms with Gasteiger partial charge < -0.3 is 9.47 Å². The van der Waals surface area contributed by atoms with Gasteiger partial charge >= 0.3 is 5.97 Å². The number of carbonyl (C=O) groups excluding carboxylic acids is 1. The average Bonchev–Trinajstić information content (AvgIpc) is 2.96. The van der Waals surface area contributed by atoms with E-state index in [1.165, 1.54) is 0 Å². The molecule has 23 heavy (non-hydrogen) atoms. The van der Waals surface area contributed by atoms with Crippen molar-refractivity contribution in [1.29, 1.82) is 5.26 Å². The minimum absolute atomic E-state index is 0.193. The molecule has 0 aromatic heterocycles. The summed E-state index contributed by atoms with van der Waals surface area (Å²) in [5.41, 5.74) is 2.08. The van der Waals surface area contributed by atoms with Gasteiger partial charge in [0.25, 0.3) is 0 Å². The van der Waals surface area contributed by atoms with Crippen molar-refractivity contribution in [2.24, 2.45) is 4.99 Å². The normalized spacial score (nSPS) is 15.0. The number of ether oxygens (including phenoxy) is 2. The van der Waals surface area contributed by atoms with Gasteiger partial charge in [0.1, 0.15) is 5.75 Å². The second-order valence-corrected chi connectivity index (χ2v) is 4.81. The Kier molecular flexibility index (Phi) is 3.89. The molecule has 1 aliphatic rings. The Balaban J connectivity index is 1.94. The highest BCUT2D eigenvalue weighted by Crippen LogP contribution is 2.21. The molecule has 0 radical (unpaired) electrons. The van der Waals surface area contributed by atoms with Gasteiger partial charge in [0.2, 0.25) is 5.90 Å². The van der Waals surface area contributed by atoms with E-state index in [2.05, 4.69) is 11.1 Å². The summed E-state index contributed by atoms with van der Waals surface area (Å²) < 4.78 is 10.4. The minimum Gasteiger partial charge on any atom is -0.497 e. The van der Waals surface area contributed by atoms with E-state index >= 15 is 0 Å². The van der Waals surface area contributed by atoms with Crippen molar-refractivity contribution < 1.29 is 14.3 Å². The maximum absolute atomic E-state index is 12.0. The fourth-order valence-corrected chi connectivity index (χ4v) is 2.14. The Morgan fingerprint density at radius 3 is 2.83 bits per heavy atom. The van der Waals surface area contributed by atoms with E-state index in [-0.39, 0.29) is 11.6 Å². The van der Waals surface area contributed by atoms with Crippen molar-refractivity contribution in [2.75, 3.05) is 7.11 Å². The molecule has 0 aliphatic carbocycles. The van der Waals surface area contributed by atoms with Gasteiger partial charge in [-0.25, -0.2) is 9.79 Å². The fraction of sp³-hybridized carbons (Fsp3) is 0.0556. The van der Waals surface area contributed by atoms with Crippen molar-refractivity contribution in [3.05, 3.63) is 70.9 Å². The third-order valence-electron chi connectivity index (χ3n) is 3.26. The summed E-state index contributed by atoms with van der Waals surface area (Å²) in [6, 6.07) is 16.1. The molecule has 0 saturated carbocycles. The van der Waals surface area contributed by atoms with Crippen molar-refractivity contribution in [1.82, 2.24) is 0 Å². The largest absolute Gasteiger partial charge is 0.497 e. The van der Waals surface area contributed by atoms with Gasteiger partial charge in [-0.15, -0.1) is 0 Å². The van der Waals surface area contributed by atoms with Gasteiger partial charge in [0, 0.05) is 5.56 Å². The Hall–Kier alpha value is -3.39. The molecule has 5 heteroatoms. The third-order valence-corrected chi connectivity index (χ3v) is 3.26. The predicted octanol–water partition coefficient (Wildman–Crippen LogP) is 2.91. The summed E-state index contributed by atoms with van der Waals surface area (Å²) in [7, 11) is 1.56. The molecule has 2 aromatic carbocycles. The van der Waals surface area contributed by atoms with E-state index in [9.17, 15) is 4.79 Å². The maximum Gasteiger partial charge on any atom is 0.363 e. The van der Waals surface area contributed by atoms with Crippen LogP contribution in [0.5, 0.6) is 5.75 Å². The summed E-state index contributed by atoms with van der Waals surface area (Å²) in [6.45, 7) is 0. The SMILES string of the molecule is COc1cccc(C2=NC(=Cc3cccc(C#N)c3)C(=O)O2)c1. The lowest BCUT2D eigenvalue weighted by atomic mass is 10.1. The van der Waals surface area contributed by atoms with Crippen molar-refractivity contribution >= 4 is 17.9 Å². The van der Waals surface area contributed by atoms with E-state index < -0.39 is 5.97 Å². The zero-order valence-electron chi connectivity index (χ0n) is 12.3. The molecular formula is C18H12N2O3. The van der Waals surface area contributed by atoms with Crippen LogP contribution in [-0.4, -0.2) is 19.0 Å². The number of rotatable bonds is 3. The lowest BCUT2D eigenvalue weighted by molar-refractivity contribution is -0.129. The van der Waals surface area contributed by atoms with E-state index in [0.717, 1.165) is 0 Å². The van der Waals surface area contributed by atoms with E-state index in [1.54, 1.807) is 61.7 Å². The minimum atomic E-state index is -0.523. The van der Waals surface area contributed by atoms with Gasteiger partial charge in [0.05, 0.1) is 18.7 Å². The monoisotopic (exact) mass is 304 g/mol. The lowest BCUT2D eigenvalue weighted by Crippen LogP contribution is -2.05. The quantitative estimate of drug-likeness (QED) is 0.645. The van der Waals surface area contributed by atoms with Crippen molar-refractivity contribution in [2.45, 2.75) is 0 Å². The molecule has 0 atom stereocenters. The number of esters is 1. The zero-order valence-corrected chi connectivity index (χ0v) is 12.3. The first kappa shape index (κ1) is 14.5. The van der Waals surface area contributed by atoms with Crippen LogP contribution in [0.3, 0.4) is 0 Å². The van der Waals surface area contributed by atoms with Crippen LogP contribution in [0.25, 0.3) is 6.08 Å². The summed E-state index contributed by atoms with van der Waals surface area (Å²) in [6.07, 6.45) is 1.59. The smallest absolute Gasteiger partial charge is 0.363 e. The molecule has 2 aromatic rings. The summed E-state index contributed by atoms with van der Waals surface area (Å²) in [4.78, 5) is 16.2. The highest BCUT2D eigenvalue weighted by atomic mass is 16.6. The molecule has 112 valence electrons. The lowest BCUT2D eigenvalue weighted by Gasteiger charge is -2.02. The molecule has 0 N–H and O–H groups in total. The molecule has 0 saturated heterocycles. The molecule has 3 rings (SSSR count). The van der Waals surface area contributed by atoms with Crippen molar-refractivity contribution in [3.8, 4) is 11.8 Å². The van der Waals surface area contributed by atoms with Crippen LogP contribution in [0.1, 0.15) is 16.7 Å². The van der Waals surface area contributed by atoms with Crippen LogP contribution in [0, 0.1) is 11.3 Å². The van der Waals surface area contributed by atoms with Crippen LogP contribution in [0.4, 0.5) is 0 Å². The van der Waals surface area contributed by atoms with Gasteiger partial charge in [-0.1, -0.05) is 18.2 Å². The third kappa shape index (κ3) is 3.11. The molecule has 5 nitrogen and oxygen atoms in total. The molecule has 1 heterocycles. The van der Waals surface area contributed by atoms with E-state index in [4.69, 9.17) is 14.7 Å². The van der Waals surface area contributed by atoms with Crippen LogP contribution in [-0.2, 0) is 9.53 Å². The van der Waals surface area contributed by atoms with Crippen LogP contribution in [0.2, 0.25) is 0 Å². The Morgan fingerprint density at radius 2 is 2.04 bits per heavy atom. The first-order valence-corrected chi connectivity index (χ1v) is 6.87. The molecule has 0 amide bonds. The number of cyclic esters (lactones) is 1. The van der Waals surface area contributed by atoms with E-state index in [0.29, 0.717) is 22.4 Å². The zero-order chi connectivity index (χ0) is 16.2. The second-order valence-electron chi connectivity index (χ2n) is 4.81.